The number of halogens is 2. The van der Waals surface area contributed by atoms with Crippen LogP contribution in [0.5, 0.6) is 0 Å². The lowest BCUT2D eigenvalue weighted by Crippen LogP contribution is -2.20. The molecule has 1 aliphatic heterocycles. The number of aromatic nitrogens is 1. The van der Waals surface area contributed by atoms with Crippen LogP contribution in [0.15, 0.2) is 72.9 Å². The first-order chi connectivity index (χ1) is 17.4. The first kappa shape index (κ1) is 22.9. The van der Waals surface area contributed by atoms with E-state index >= 15 is 0 Å². The third-order valence-electron chi connectivity index (χ3n) is 5.68. The van der Waals surface area contributed by atoms with Gasteiger partial charge < -0.3 is 26.3 Å². The smallest absolute Gasteiger partial charge is 0.323 e. The number of fused-ring (bicyclic) bond motifs is 1. The standard InChI is InChI=1S/C27H21F2N5O2/c1-15-4-6-19(32-27(36)34-23-9-5-16(28)11-22(23)29)13-24(15)31-18-7-8-20-21(12-17-3-2-10-30-17)26(35)33-25(20)14-18/h2-14,30-31H,1H3,(H,33,35)(H2,32,34,36)/b21-12-. The van der Waals surface area contributed by atoms with Crippen molar-refractivity contribution in [1.29, 1.82) is 0 Å². The average Bonchev–Trinajstić information content (AvgIpc) is 3.46. The van der Waals surface area contributed by atoms with Gasteiger partial charge in [0, 0.05) is 40.6 Å². The van der Waals surface area contributed by atoms with Gasteiger partial charge in [-0.1, -0.05) is 12.1 Å². The molecule has 36 heavy (non-hydrogen) atoms. The Hall–Kier alpha value is -4.92. The molecule has 1 aliphatic rings. The van der Waals surface area contributed by atoms with Crippen molar-refractivity contribution in [3.05, 3.63) is 101 Å². The van der Waals surface area contributed by atoms with E-state index in [0.29, 0.717) is 23.0 Å². The first-order valence-corrected chi connectivity index (χ1v) is 11.1. The van der Waals surface area contributed by atoms with Crippen molar-refractivity contribution in [2.45, 2.75) is 6.92 Å². The molecule has 2 heterocycles. The maximum atomic E-state index is 13.8. The molecule has 0 unspecified atom stereocenters. The molecule has 180 valence electrons. The molecule has 5 rings (SSSR count). The van der Waals surface area contributed by atoms with Gasteiger partial charge in [0.25, 0.3) is 5.91 Å². The number of nitrogens with one attached hydrogen (secondary N) is 5. The highest BCUT2D eigenvalue weighted by Gasteiger charge is 2.24. The molecule has 7 nitrogen and oxygen atoms in total. The van der Waals surface area contributed by atoms with Gasteiger partial charge in [-0.05, 0) is 67.1 Å². The van der Waals surface area contributed by atoms with Gasteiger partial charge in [-0.15, -0.1) is 0 Å². The Morgan fingerprint density at radius 2 is 1.75 bits per heavy atom. The highest BCUT2D eigenvalue weighted by molar-refractivity contribution is 6.35. The topological polar surface area (TPSA) is 98.0 Å². The molecular weight excluding hydrogens is 464 g/mol. The molecular formula is C27H21F2N5O2. The minimum absolute atomic E-state index is 0.135. The number of aryl methyl sites for hydroxylation is 1. The maximum absolute atomic E-state index is 13.8. The summed E-state index contributed by atoms with van der Waals surface area (Å²) < 4.78 is 26.9. The van der Waals surface area contributed by atoms with Crippen molar-refractivity contribution in [2.75, 3.05) is 21.3 Å². The minimum atomic E-state index is -0.869. The zero-order chi connectivity index (χ0) is 25.2. The van der Waals surface area contributed by atoms with E-state index in [9.17, 15) is 18.4 Å². The number of rotatable bonds is 5. The monoisotopic (exact) mass is 485 g/mol. The summed E-state index contributed by atoms with van der Waals surface area (Å²) in [4.78, 5) is 27.9. The van der Waals surface area contributed by atoms with E-state index in [1.54, 1.807) is 24.4 Å². The number of urea groups is 1. The summed E-state index contributed by atoms with van der Waals surface area (Å²) >= 11 is 0. The van der Waals surface area contributed by atoms with Crippen molar-refractivity contribution in [3.63, 3.8) is 0 Å². The van der Waals surface area contributed by atoms with Crippen molar-refractivity contribution >= 4 is 52.0 Å². The van der Waals surface area contributed by atoms with Crippen LogP contribution in [-0.4, -0.2) is 16.9 Å². The fourth-order valence-corrected chi connectivity index (χ4v) is 3.87. The lowest BCUT2D eigenvalue weighted by molar-refractivity contribution is -0.110. The van der Waals surface area contributed by atoms with Crippen LogP contribution >= 0.6 is 0 Å². The molecule has 3 amide bonds. The number of amides is 3. The Morgan fingerprint density at radius 1 is 0.917 bits per heavy atom. The number of carbonyl (C=O) groups excluding carboxylic acids is 2. The number of hydrogen-bond acceptors (Lipinski definition) is 3. The van der Waals surface area contributed by atoms with Crippen LogP contribution in [0.3, 0.4) is 0 Å². The highest BCUT2D eigenvalue weighted by atomic mass is 19.1. The summed E-state index contributed by atoms with van der Waals surface area (Å²) in [5.41, 5.74) is 5.62. The molecule has 0 saturated carbocycles. The van der Waals surface area contributed by atoms with Crippen LogP contribution in [-0.2, 0) is 4.79 Å². The molecule has 0 aliphatic carbocycles. The Kier molecular flexibility index (Phi) is 5.95. The number of carbonyl (C=O) groups is 2. The Balaban J connectivity index is 1.31. The van der Waals surface area contributed by atoms with Gasteiger partial charge in [0.05, 0.1) is 16.9 Å². The zero-order valence-corrected chi connectivity index (χ0v) is 19.1. The van der Waals surface area contributed by atoms with Crippen LogP contribution < -0.4 is 21.3 Å². The van der Waals surface area contributed by atoms with Gasteiger partial charge in [0.2, 0.25) is 0 Å². The van der Waals surface area contributed by atoms with E-state index < -0.39 is 17.7 Å². The van der Waals surface area contributed by atoms with Gasteiger partial charge in [-0.3, -0.25) is 4.79 Å². The molecule has 0 saturated heterocycles. The summed E-state index contributed by atoms with van der Waals surface area (Å²) in [6, 6.07) is 16.8. The molecule has 9 heteroatoms. The highest BCUT2D eigenvalue weighted by Crippen LogP contribution is 2.36. The molecule has 5 N–H and O–H groups in total. The van der Waals surface area contributed by atoms with Gasteiger partial charge in [0.1, 0.15) is 11.6 Å². The molecule has 0 spiro atoms. The van der Waals surface area contributed by atoms with Crippen LogP contribution in [0.1, 0.15) is 16.8 Å². The van der Waals surface area contributed by atoms with Gasteiger partial charge in [-0.2, -0.15) is 0 Å². The van der Waals surface area contributed by atoms with Crippen molar-refractivity contribution in [2.24, 2.45) is 0 Å². The molecule has 0 bridgehead atoms. The first-order valence-electron chi connectivity index (χ1n) is 11.1. The van der Waals surface area contributed by atoms with Crippen molar-refractivity contribution in [1.82, 2.24) is 4.98 Å². The lowest BCUT2D eigenvalue weighted by Gasteiger charge is -2.14. The zero-order valence-electron chi connectivity index (χ0n) is 19.1. The van der Waals surface area contributed by atoms with Crippen LogP contribution in [0.2, 0.25) is 0 Å². The largest absolute Gasteiger partial charge is 0.362 e. The number of H-pyrrole nitrogens is 1. The number of benzene rings is 3. The summed E-state index contributed by atoms with van der Waals surface area (Å²) in [5, 5.41) is 11.2. The van der Waals surface area contributed by atoms with Crippen LogP contribution in [0, 0.1) is 18.6 Å². The third kappa shape index (κ3) is 4.80. The minimum Gasteiger partial charge on any atom is -0.362 e. The lowest BCUT2D eigenvalue weighted by atomic mass is 10.1. The predicted molar refractivity (Wildman–Crippen MR) is 137 cm³/mol. The Morgan fingerprint density at radius 3 is 2.53 bits per heavy atom. The van der Waals surface area contributed by atoms with Crippen molar-refractivity contribution in [3.8, 4) is 0 Å². The van der Waals surface area contributed by atoms with E-state index in [2.05, 4.69) is 26.3 Å². The Labute approximate surface area is 205 Å². The second-order valence-corrected chi connectivity index (χ2v) is 8.26. The number of hydrogen-bond donors (Lipinski definition) is 5. The van der Waals surface area contributed by atoms with Gasteiger partial charge in [0.15, 0.2) is 0 Å². The van der Waals surface area contributed by atoms with Gasteiger partial charge >= 0.3 is 6.03 Å². The van der Waals surface area contributed by atoms with Gasteiger partial charge in [-0.25, -0.2) is 13.6 Å². The second kappa shape index (κ2) is 9.38. The quantitative estimate of drug-likeness (QED) is 0.209. The van der Waals surface area contributed by atoms with E-state index in [4.69, 9.17) is 0 Å². The van der Waals surface area contributed by atoms with E-state index in [0.717, 1.165) is 40.3 Å². The van der Waals surface area contributed by atoms with E-state index in [1.165, 1.54) is 0 Å². The molecule has 0 fully saturated rings. The van der Waals surface area contributed by atoms with Crippen molar-refractivity contribution < 1.29 is 18.4 Å². The Bertz CT molecular complexity index is 1510. The van der Waals surface area contributed by atoms with E-state index in [1.807, 2.05) is 43.3 Å². The van der Waals surface area contributed by atoms with E-state index in [-0.39, 0.29) is 11.6 Å². The third-order valence-corrected chi connectivity index (χ3v) is 5.68. The average molecular weight is 485 g/mol. The summed E-state index contributed by atoms with van der Waals surface area (Å²) in [6.07, 6.45) is 3.60. The second-order valence-electron chi connectivity index (χ2n) is 8.26. The normalized spacial score (nSPS) is 13.3. The van der Waals surface area contributed by atoms with Crippen LogP contribution in [0.25, 0.3) is 11.6 Å². The number of anilines is 5. The molecule has 0 radical (unpaired) electrons. The molecule has 3 aromatic carbocycles. The maximum Gasteiger partial charge on any atom is 0.323 e. The molecule has 4 aromatic rings. The summed E-state index contributed by atoms with van der Waals surface area (Å²) in [6.45, 7) is 1.91. The summed E-state index contributed by atoms with van der Waals surface area (Å²) in [7, 11) is 0. The SMILES string of the molecule is Cc1ccc(NC(=O)Nc2ccc(F)cc2F)cc1Nc1ccc2c(c1)NC(=O)/C2=C\c1ccc[nH]1. The summed E-state index contributed by atoms with van der Waals surface area (Å²) in [5.74, 6) is -1.78. The van der Waals surface area contributed by atoms with Crippen LogP contribution in [0.4, 0.5) is 42.0 Å². The molecule has 0 atom stereocenters. The number of aromatic amines is 1. The molecule has 1 aromatic heterocycles. The fraction of sp³-hybridized carbons (Fsp3) is 0.0370. The fourth-order valence-electron chi connectivity index (χ4n) is 3.87. The predicted octanol–water partition coefficient (Wildman–Crippen LogP) is 6.48.